The molecular weight excluding hydrogens is 278 g/mol. The first kappa shape index (κ1) is 15.5. The molecule has 0 unspecified atom stereocenters. The third-order valence-electron chi connectivity index (χ3n) is 3.00. The van der Waals surface area contributed by atoms with Gasteiger partial charge in [0.25, 0.3) is 5.91 Å². The highest BCUT2D eigenvalue weighted by molar-refractivity contribution is 5.97. The van der Waals surface area contributed by atoms with E-state index in [1.54, 1.807) is 25.3 Å². The van der Waals surface area contributed by atoms with E-state index in [0.29, 0.717) is 17.1 Å². The Bertz CT molecular complexity index is 699. The summed E-state index contributed by atoms with van der Waals surface area (Å²) in [6.45, 7) is 0.258. The summed E-state index contributed by atoms with van der Waals surface area (Å²) >= 11 is 0. The lowest BCUT2D eigenvalue weighted by Crippen LogP contribution is -2.24. The normalized spacial score (nSPS) is 9.36. The van der Waals surface area contributed by atoms with E-state index < -0.39 is 0 Å². The Morgan fingerprint density at radius 2 is 1.86 bits per heavy atom. The summed E-state index contributed by atoms with van der Waals surface area (Å²) in [5.74, 6) is 6.74. The minimum atomic E-state index is -0.252. The molecule has 4 heteroatoms. The predicted molar refractivity (Wildman–Crippen MR) is 85.2 cm³/mol. The number of carbonyl (C=O) groups excluding carboxylic acids is 1. The lowest BCUT2D eigenvalue weighted by Gasteiger charge is -2.09. The van der Waals surface area contributed by atoms with Gasteiger partial charge in [-0.2, -0.15) is 0 Å². The van der Waals surface area contributed by atoms with Crippen LogP contribution in [0.15, 0.2) is 48.5 Å². The van der Waals surface area contributed by atoms with Gasteiger partial charge >= 0.3 is 0 Å². The second kappa shape index (κ2) is 7.75. The highest BCUT2D eigenvalue weighted by Gasteiger charge is 2.12. The number of amides is 1. The Labute approximate surface area is 130 Å². The van der Waals surface area contributed by atoms with Crippen molar-refractivity contribution in [1.82, 2.24) is 5.32 Å². The molecule has 2 rings (SSSR count). The molecule has 0 aliphatic rings. The maximum atomic E-state index is 12.2. The number of nitrogens with one attached hydrogen (secondary N) is 1. The number of methoxy groups -OCH3 is 2. The molecule has 0 aromatic heterocycles. The van der Waals surface area contributed by atoms with Gasteiger partial charge in [0, 0.05) is 5.56 Å². The summed E-state index contributed by atoms with van der Waals surface area (Å²) in [6.07, 6.45) is 0. The third-order valence-corrected chi connectivity index (χ3v) is 3.00. The van der Waals surface area contributed by atoms with Crippen LogP contribution in [0, 0.1) is 11.8 Å². The van der Waals surface area contributed by atoms with Crippen molar-refractivity contribution >= 4 is 5.91 Å². The van der Waals surface area contributed by atoms with E-state index in [4.69, 9.17) is 9.47 Å². The van der Waals surface area contributed by atoms with Crippen molar-refractivity contribution in [3.63, 3.8) is 0 Å². The Hall–Kier alpha value is -2.93. The Balaban J connectivity index is 2.02. The van der Waals surface area contributed by atoms with Gasteiger partial charge in [-0.05, 0) is 30.3 Å². The van der Waals surface area contributed by atoms with Gasteiger partial charge in [-0.3, -0.25) is 4.79 Å². The van der Waals surface area contributed by atoms with Gasteiger partial charge in [-0.1, -0.05) is 30.0 Å². The number of ether oxygens (including phenoxy) is 2. The molecule has 0 saturated heterocycles. The summed E-state index contributed by atoms with van der Waals surface area (Å²) in [7, 11) is 3.07. The summed E-state index contributed by atoms with van der Waals surface area (Å²) < 4.78 is 10.3. The van der Waals surface area contributed by atoms with Crippen LogP contribution in [0.4, 0.5) is 0 Å². The smallest absolute Gasteiger partial charge is 0.255 e. The molecule has 2 aromatic rings. The van der Waals surface area contributed by atoms with Crippen molar-refractivity contribution in [2.24, 2.45) is 0 Å². The zero-order valence-corrected chi connectivity index (χ0v) is 12.6. The van der Waals surface area contributed by atoms with E-state index in [0.717, 1.165) is 5.56 Å². The maximum absolute atomic E-state index is 12.2. The third kappa shape index (κ3) is 4.03. The standard InChI is InChI=1S/C18H17NO3/c1-21-15-10-11-17(22-2)16(13-15)18(20)19-12-6-9-14-7-4-3-5-8-14/h3-5,7-8,10-11,13H,12H2,1-2H3,(H,19,20). The summed E-state index contributed by atoms with van der Waals surface area (Å²) in [5.41, 5.74) is 1.33. The molecule has 0 saturated carbocycles. The second-order valence-electron chi connectivity index (χ2n) is 4.42. The molecule has 4 nitrogen and oxygen atoms in total. The largest absolute Gasteiger partial charge is 0.497 e. The number of hydrogen-bond donors (Lipinski definition) is 1. The molecule has 0 atom stereocenters. The van der Waals surface area contributed by atoms with Crippen LogP contribution in [0.2, 0.25) is 0 Å². The molecule has 1 N–H and O–H groups in total. The van der Waals surface area contributed by atoms with E-state index >= 15 is 0 Å². The van der Waals surface area contributed by atoms with Crippen molar-refractivity contribution in [1.29, 1.82) is 0 Å². The molecule has 0 bridgehead atoms. The van der Waals surface area contributed by atoms with E-state index in [9.17, 15) is 4.79 Å². The van der Waals surface area contributed by atoms with Gasteiger partial charge in [-0.15, -0.1) is 0 Å². The van der Waals surface area contributed by atoms with Crippen LogP contribution >= 0.6 is 0 Å². The Morgan fingerprint density at radius 3 is 2.55 bits per heavy atom. The molecule has 1 amide bonds. The summed E-state index contributed by atoms with van der Waals surface area (Å²) in [4.78, 5) is 12.2. The van der Waals surface area contributed by atoms with Crippen LogP contribution < -0.4 is 14.8 Å². The topological polar surface area (TPSA) is 47.6 Å². The first-order chi connectivity index (χ1) is 10.7. The highest BCUT2D eigenvalue weighted by atomic mass is 16.5. The van der Waals surface area contributed by atoms with Crippen molar-refractivity contribution in [2.75, 3.05) is 20.8 Å². The van der Waals surface area contributed by atoms with Crippen LogP contribution in [-0.2, 0) is 0 Å². The van der Waals surface area contributed by atoms with Crippen LogP contribution in [0.25, 0.3) is 0 Å². The minimum Gasteiger partial charge on any atom is -0.497 e. The molecule has 112 valence electrons. The monoisotopic (exact) mass is 295 g/mol. The van der Waals surface area contributed by atoms with Gasteiger partial charge in [0.1, 0.15) is 11.5 Å². The zero-order chi connectivity index (χ0) is 15.8. The lowest BCUT2D eigenvalue weighted by molar-refractivity contribution is 0.0955. The van der Waals surface area contributed by atoms with Gasteiger partial charge in [0.15, 0.2) is 0 Å². The molecule has 0 aliphatic heterocycles. The first-order valence-corrected chi connectivity index (χ1v) is 6.78. The van der Waals surface area contributed by atoms with E-state index in [1.165, 1.54) is 7.11 Å². The maximum Gasteiger partial charge on any atom is 0.255 e. The minimum absolute atomic E-state index is 0.252. The Morgan fingerprint density at radius 1 is 1.09 bits per heavy atom. The fourth-order valence-corrected chi connectivity index (χ4v) is 1.88. The molecule has 2 aromatic carbocycles. The van der Waals surface area contributed by atoms with Crippen molar-refractivity contribution in [3.05, 3.63) is 59.7 Å². The van der Waals surface area contributed by atoms with Crippen molar-refractivity contribution in [2.45, 2.75) is 0 Å². The number of benzene rings is 2. The highest BCUT2D eigenvalue weighted by Crippen LogP contribution is 2.23. The molecule has 0 fully saturated rings. The zero-order valence-electron chi connectivity index (χ0n) is 12.6. The first-order valence-electron chi connectivity index (χ1n) is 6.78. The van der Waals surface area contributed by atoms with Crippen molar-refractivity contribution < 1.29 is 14.3 Å². The Kier molecular flexibility index (Phi) is 5.44. The number of carbonyl (C=O) groups is 1. The molecule has 0 aliphatic carbocycles. The number of rotatable bonds is 4. The molecule has 22 heavy (non-hydrogen) atoms. The number of hydrogen-bond acceptors (Lipinski definition) is 3. The lowest BCUT2D eigenvalue weighted by atomic mass is 10.1. The van der Waals surface area contributed by atoms with Gasteiger partial charge in [0.05, 0.1) is 26.3 Å². The van der Waals surface area contributed by atoms with E-state index in [2.05, 4.69) is 17.2 Å². The van der Waals surface area contributed by atoms with Crippen LogP contribution in [0.5, 0.6) is 11.5 Å². The quantitative estimate of drug-likeness (QED) is 0.882. The molecule has 0 spiro atoms. The molecule has 0 radical (unpaired) electrons. The summed E-state index contributed by atoms with van der Waals surface area (Å²) in [6, 6.07) is 14.7. The molecule has 0 heterocycles. The van der Waals surface area contributed by atoms with Crippen molar-refractivity contribution in [3.8, 4) is 23.3 Å². The second-order valence-corrected chi connectivity index (χ2v) is 4.42. The average molecular weight is 295 g/mol. The van der Waals surface area contributed by atoms with Gasteiger partial charge < -0.3 is 14.8 Å². The fourth-order valence-electron chi connectivity index (χ4n) is 1.88. The van der Waals surface area contributed by atoms with E-state index in [1.807, 2.05) is 30.3 Å². The SMILES string of the molecule is COc1ccc(OC)c(C(=O)NCC#Cc2ccccc2)c1. The van der Waals surface area contributed by atoms with Gasteiger partial charge in [-0.25, -0.2) is 0 Å². The summed E-state index contributed by atoms with van der Waals surface area (Å²) in [5, 5.41) is 2.75. The fraction of sp³-hybridized carbons (Fsp3) is 0.167. The van der Waals surface area contributed by atoms with E-state index in [-0.39, 0.29) is 12.5 Å². The molecular formula is C18H17NO3. The van der Waals surface area contributed by atoms with Crippen LogP contribution in [0.3, 0.4) is 0 Å². The van der Waals surface area contributed by atoms with Crippen LogP contribution in [-0.4, -0.2) is 26.7 Å². The predicted octanol–water partition coefficient (Wildman–Crippen LogP) is 2.49. The van der Waals surface area contributed by atoms with Gasteiger partial charge in [0.2, 0.25) is 0 Å². The average Bonchev–Trinajstić information content (AvgIpc) is 2.58. The van der Waals surface area contributed by atoms with Crippen LogP contribution in [0.1, 0.15) is 15.9 Å².